The third-order valence-electron chi connectivity index (χ3n) is 15.0. The van der Waals surface area contributed by atoms with Gasteiger partial charge in [-0.3, -0.25) is 9.59 Å². The molecule has 0 aromatic heterocycles. The van der Waals surface area contributed by atoms with Crippen LogP contribution in [0.5, 0.6) is 0 Å². The lowest BCUT2D eigenvalue weighted by molar-refractivity contribution is -0.403. The van der Waals surface area contributed by atoms with Gasteiger partial charge in [-0.25, -0.2) is 0 Å². The van der Waals surface area contributed by atoms with Gasteiger partial charge in [0.2, 0.25) is 0 Å². The third-order valence-corrected chi connectivity index (χ3v) is 15.0. The molecule has 358 valence electrons. The summed E-state index contributed by atoms with van der Waals surface area (Å²) in [4.78, 5) is 32.6. The van der Waals surface area contributed by atoms with E-state index < -0.39 is 16.9 Å². The summed E-state index contributed by atoms with van der Waals surface area (Å²) in [5.74, 6) is -1.10. The minimum atomic E-state index is -0.806. The molecule has 0 aliphatic carbocycles. The van der Waals surface area contributed by atoms with Crippen molar-refractivity contribution >= 4 is 11.9 Å². The molecule has 2 saturated heterocycles. The van der Waals surface area contributed by atoms with Crippen LogP contribution in [-0.4, -0.2) is 53.7 Å². The van der Waals surface area contributed by atoms with Crippen LogP contribution < -0.4 is 0 Å². The summed E-state index contributed by atoms with van der Waals surface area (Å²) in [7, 11) is 0. The molecule has 0 amide bonds. The second kappa shape index (κ2) is 32.3. The van der Waals surface area contributed by atoms with Crippen LogP contribution in [-0.2, 0) is 28.6 Å². The van der Waals surface area contributed by atoms with Crippen molar-refractivity contribution in [1.29, 1.82) is 0 Å². The number of piperidine rings is 1. The summed E-state index contributed by atoms with van der Waals surface area (Å²) < 4.78 is 19.7. The third kappa shape index (κ3) is 20.5. The second-order valence-corrected chi connectivity index (χ2v) is 20.2. The molecular formula is C54H101NO6. The Hall–Kier alpha value is -1.44. The Labute approximate surface area is 378 Å². The van der Waals surface area contributed by atoms with Crippen molar-refractivity contribution in [2.24, 2.45) is 11.3 Å². The first kappa shape index (κ1) is 55.7. The van der Waals surface area contributed by atoms with Crippen LogP contribution in [0.3, 0.4) is 0 Å². The van der Waals surface area contributed by atoms with Gasteiger partial charge in [0.15, 0.2) is 5.79 Å². The number of unbranched alkanes of at least 4 members (excludes halogenated alkanes) is 25. The van der Waals surface area contributed by atoms with E-state index in [0.29, 0.717) is 39.1 Å². The predicted octanol–water partition coefficient (Wildman–Crippen LogP) is 16.1. The lowest BCUT2D eigenvalue weighted by atomic mass is 9.66. The molecule has 3 atom stereocenters. The number of nitrogens with zero attached hydrogens (tertiary/aromatic N) is 1. The number of hydrogen-bond donors (Lipinski definition) is 0. The molecule has 1 spiro atoms. The minimum absolute atomic E-state index is 0.0539. The van der Waals surface area contributed by atoms with E-state index >= 15 is 0 Å². The SMILES string of the molecule is CCCCC/C=C\CCCCCCCCCCC(=O)ON1C(C)(CC)CC2(OCC(CC)(COC(=O)CCCCCCCCCCCCCCCCC)CO2)C(C)C1(C)CC. The number of rotatable bonds is 37. The molecule has 0 aromatic carbocycles. The summed E-state index contributed by atoms with van der Waals surface area (Å²) in [5, 5.41) is 2.03. The van der Waals surface area contributed by atoms with Crippen molar-refractivity contribution in [3.63, 3.8) is 0 Å². The molecule has 0 N–H and O–H groups in total. The van der Waals surface area contributed by atoms with Crippen molar-refractivity contribution in [2.75, 3.05) is 19.8 Å². The maximum absolute atomic E-state index is 13.4. The average molecular weight is 860 g/mol. The zero-order valence-corrected chi connectivity index (χ0v) is 41.8. The Balaban J connectivity index is 1.71. The number of allylic oxidation sites excluding steroid dienone is 2. The zero-order chi connectivity index (χ0) is 44.7. The summed E-state index contributed by atoms with van der Waals surface area (Å²) in [5.41, 5.74) is -1.30. The molecule has 2 fully saturated rings. The van der Waals surface area contributed by atoms with Crippen molar-refractivity contribution < 1.29 is 28.6 Å². The molecule has 2 heterocycles. The molecule has 0 radical (unpaired) electrons. The molecule has 0 saturated carbocycles. The van der Waals surface area contributed by atoms with Gasteiger partial charge in [-0.1, -0.05) is 195 Å². The highest BCUT2D eigenvalue weighted by atomic mass is 16.7. The van der Waals surface area contributed by atoms with Crippen LogP contribution in [0, 0.1) is 11.3 Å². The second-order valence-electron chi connectivity index (χ2n) is 20.2. The van der Waals surface area contributed by atoms with Gasteiger partial charge in [-0.2, -0.15) is 0 Å². The lowest BCUT2D eigenvalue weighted by Gasteiger charge is -2.63. The van der Waals surface area contributed by atoms with Gasteiger partial charge in [0.25, 0.3) is 0 Å². The van der Waals surface area contributed by atoms with Gasteiger partial charge in [-0.05, 0) is 71.6 Å². The van der Waals surface area contributed by atoms with Gasteiger partial charge in [0.05, 0.1) is 29.7 Å². The van der Waals surface area contributed by atoms with Crippen molar-refractivity contribution in [3.05, 3.63) is 12.2 Å². The van der Waals surface area contributed by atoms with E-state index in [2.05, 4.69) is 67.5 Å². The Bertz CT molecular complexity index is 1150. The normalized spacial score (nSPS) is 25.7. The Kier molecular flexibility index (Phi) is 29.4. The van der Waals surface area contributed by atoms with E-state index in [1.807, 2.05) is 5.06 Å². The number of esters is 1. The molecule has 2 aliphatic rings. The fourth-order valence-electron chi connectivity index (χ4n) is 9.76. The Morgan fingerprint density at radius 1 is 0.557 bits per heavy atom. The number of hydrogen-bond acceptors (Lipinski definition) is 7. The van der Waals surface area contributed by atoms with Crippen molar-refractivity contribution in [1.82, 2.24) is 5.06 Å². The number of ether oxygens (including phenoxy) is 3. The van der Waals surface area contributed by atoms with E-state index in [0.717, 1.165) is 44.9 Å². The predicted molar refractivity (Wildman–Crippen MR) is 256 cm³/mol. The number of carbonyl (C=O) groups is 2. The van der Waals surface area contributed by atoms with Gasteiger partial charge in [-0.15, -0.1) is 5.06 Å². The summed E-state index contributed by atoms with van der Waals surface area (Å²) in [6.45, 7) is 18.9. The van der Waals surface area contributed by atoms with Crippen molar-refractivity contribution in [3.8, 4) is 0 Å². The fourth-order valence-corrected chi connectivity index (χ4v) is 9.76. The molecule has 2 aliphatic heterocycles. The molecule has 61 heavy (non-hydrogen) atoms. The summed E-state index contributed by atoms with van der Waals surface area (Å²) >= 11 is 0. The first-order chi connectivity index (χ1) is 29.5. The molecule has 2 rings (SSSR count). The van der Waals surface area contributed by atoms with E-state index in [9.17, 15) is 9.59 Å². The Morgan fingerprint density at radius 3 is 1.41 bits per heavy atom. The number of hydroxylamine groups is 2. The van der Waals surface area contributed by atoms with Gasteiger partial charge in [0.1, 0.15) is 6.61 Å². The number of carbonyl (C=O) groups excluding carboxylic acids is 2. The molecule has 7 nitrogen and oxygen atoms in total. The minimum Gasteiger partial charge on any atom is -0.465 e. The van der Waals surface area contributed by atoms with Gasteiger partial charge < -0.3 is 19.0 Å². The topological polar surface area (TPSA) is 74.3 Å². The average Bonchev–Trinajstić information content (AvgIpc) is 3.27. The molecular weight excluding hydrogens is 759 g/mol. The summed E-state index contributed by atoms with van der Waals surface area (Å²) in [6.07, 6.45) is 44.3. The zero-order valence-electron chi connectivity index (χ0n) is 41.8. The van der Waals surface area contributed by atoms with E-state index in [-0.39, 0.29) is 23.3 Å². The molecule has 0 bridgehead atoms. The molecule has 3 unspecified atom stereocenters. The van der Waals surface area contributed by atoms with Crippen LogP contribution in [0.4, 0.5) is 0 Å². The molecule has 7 heteroatoms. The first-order valence-corrected chi connectivity index (χ1v) is 26.6. The van der Waals surface area contributed by atoms with E-state index in [1.165, 1.54) is 154 Å². The van der Waals surface area contributed by atoms with Gasteiger partial charge >= 0.3 is 11.9 Å². The van der Waals surface area contributed by atoms with Crippen LogP contribution in [0.1, 0.15) is 274 Å². The van der Waals surface area contributed by atoms with Crippen LogP contribution in [0.15, 0.2) is 12.2 Å². The summed E-state index contributed by atoms with van der Waals surface area (Å²) in [6, 6.07) is 0. The highest BCUT2D eigenvalue weighted by Crippen LogP contribution is 2.54. The van der Waals surface area contributed by atoms with Gasteiger partial charge in [0, 0.05) is 25.2 Å². The van der Waals surface area contributed by atoms with E-state index in [4.69, 9.17) is 19.0 Å². The largest absolute Gasteiger partial charge is 0.465 e. The van der Waals surface area contributed by atoms with E-state index in [1.54, 1.807) is 0 Å². The highest BCUT2D eigenvalue weighted by Gasteiger charge is 2.64. The van der Waals surface area contributed by atoms with Crippen molar-refractivity contribution in [2.45, 2.75) is 291 Å². The Morgan fingerprint density at radius 2 is 0.967 bits per heavy atom. The maximum Gasteiger partial charge on any atom is 0.325 e. The highest BCUT2D eigenvalue weighted by molar-refractivity contribution is 5.69. The fraction of sp³-hybridized carbons (Fsp3) is 0.926. The molecule has 0 aromatic rings. The maximum atomic E-state index is 13.4. The van der Waals surface area contributed by atoms with Crippen LogP contribution in [0.2, 0.25) is 0 Å². The first-order valence-electron chi connectivity index (χ1n) is 26.6. The smallest absolute Gasteiger partial charge is 0.325 e. The van der Waals surface area contributed by atoms with Crippen LogP contribution in [0.25, 0.3) is 0 Å². The lowest BCUT2D eigenvalue weighted by Crippen LogP contribution is -2.74. The quantitative estimate of drug-likeness (QED) is 0.0350. The van der Waals surface area contributed by atoms with Crippen LogP contribution >= 0.6 is 0 Å². The monoisotopic (exact) mass is 860 g/mol. The standard InChI is InChI=1S/C54H101NO6/c1-9-14-16-18-20-22-24-26-28-30-32-34-36-38-40-42-49(56)58-45-53(13-5)46-59-54(60-47-53)44-51(7,11-3)55(52(8,12-4)48(54)6)61-50(57)43-41-39-37-35-33-31-29-27-25-23-21-19-17-15-10-2/h21,23,48H,9-20,22,24-47H2,1-8H3/b23-21-.